The van der Waals surface area contributed by atoms with Crippen LogP contribution in [0.2, 0.25) is 0 Å². The Bertz CT molecular complexity index is 818. The summed E-state index contributed by atoms with van der Waals surface area (Å²) in [5, 5.41) is 0. The Balaban J connectivity index is 1.32. The van der Waals surface area contributed by atoms with Crippen molar-refractivity contribution in [3.63, 3.8) is 0 Å². The molecule has 0 radical (unpaired) electrons. The van der Waals surface area contributed by atoms with Crippen molar-refractivity contribution in [3.05, 3.63) is 54.5 Å². The van der Waals surface area contributed by atoms with Gasteiger partial charge in [-0.1, -0.05) is 42.5 Å². The number of H-pyrrole nitrogens is 1. The SMILES string of the molecule is C(=Cc1ccccc1)CN1CCN(c2ncc3[nH]cnc3n2)CC1. The van der Waals surface area contributed by atoms with Crippen molar-refractivity contribution in [2.75, 3.05) is 37.6 Å². The van der Waals surface area contributed by atoms with Crippen LogP contribution in [0.4, 0.5) is 5.95 Å². The third-order valence-corrected chi connectivity index (χ3v) is 4.29. The van der Waals surface area contributed by atoms with E-state index in [-0.39, 0.29) is 0 Å². The second-order valence-corrected chi connectivity index (χ2v) is 5.91. The summed E-state index contributed by atoms with van der Waals surface area (Å²) in [7, 11) is 0. The van der Waals surface area contributed by atoms with Gasteiger partial charge in [-0.2, -0.15) is 4.98 Å². The van der Waals surface area contributed by atoms with Crippen LogP contribution < -0.4 is 4.90 Å². The average Bonchev–Trinajstić information content (AvgIpc) is 3.11. The first-order chi connectivity index (χ1) is 11.9. The standard InChI is InChI=1S/C18H20N6/c1-2-5-15(6-3-1)7-4-8-23-9-11-24(12-10-23)18-19-13-16-17(22-18)21-14-20-16/h1-7,13-14H,8-12H2,(H,19,20,21,22). The molecule has 4 rings (SSSR count). The van der Waals surface area contributed by atoms with Gasteiger partial charge >= 0.3 is 0 Å². The van der Waals surface area contributed by atoms with Gasteiger partial charge in [0.05, 0.1) is 12.5 Å². The lowest BCUT2D eigenvalue weighted by Crippen LogP contribution is -2.46. The van der Waals surface area contributed by atoms with Gasteiger partial charge in [0.25, 0.3) is 0 Å². The molecule has 1 saturated heterocycles. The summed E-state index contributed by atoms with van der Waals surface area (Å²) in [6, 6.07) is 10.4. The minimum atomic E-state index is 0.730. The number of benzene rings is 1. The molecule has 6 heteroatoms. The lowest BCUT2D eigenvalue weighted by molar-refractivity contribution is 0.283. The molecule has 3 aromatic rings. The number of fused-ring (bicyclic) bond motifs is 1. The molecule has 1 fully saturated rings. The zero-order valence-electron chi connectivity index (χ0n) is 13.5. The highest BCUT2D eigenvalue weighted by atomic mass is 15.3. The van der Waals surface area contributed by atoms with Crippen molar-refractivity contribution in [3.8, 4) is 0 Å². The molecular formula is C18H20N6. The molecule has 1 aliphatic rings. The highest BCUT2D eigenvalue weighted by molar-refractivity contribution is 5.69. The van der Waals surface area contributed by atoms with Gasteiger partial charge in [-0.15, -0.1) is 0 Å². The number of nitrogens with one attached hydrogen (secondary N) is 1. The Hall–Kier alpha value is -2.73. The maximum Gasteiger partial charge on any atom is 0.227 e. The number of anilines is 1. The summed E-state index contributed by atoms with van der Waals surface area (Å²) in [5.41, 5.74) is 2.86. The lowest BCUT2D eigenvalue weighted by Gasteiger charge is -2.34. The first-order valence-electron chi connectivity index (χ1n) is 8.23. The van der Waals surface area contributed by atoms with Crippen molar-refractivity contribution in [1.82, 2.24) is 24.8 Å². The van der Waals surface area contributed by atoms with Crippen molar-refractivity contribution in [2.45, 2.75) is 0 Å². The van der Waals surface area contributed by atoms with Crippen LogP contribution in [0.5, 0.6) is 0 Å². The van der Waals surface area contributed by atoms with Crippen LogP contribution in [0.1, 0.15) is 5.56 Å². The van der Waals surface area contributed by atoms with Crippen LogP contribution >= 0.6 is 0 Å². The molecule has 6 nitrogen and oxygen atoms in total. The number of hydrogen-bond donors (Lipinski definition) is 1. The predicted molar refractivity (Wildman–Crippen MR) is 95.8 cm³/mol. The Kier molecular flexibility index (Phi) is 4.20. The van der Waals surface area contributed by atoms with Gasteiger partial charge in [-0.3, -0.25) is 4.90 Å². The Morgan fingerprint density at radius 3 is 2.71 bits per heavy atom. The third kappa shape index (κ3) is 3.28. The Morgan fingerprint density at radius 2 is 1.88 bits per heavy atom. The number of aromatic nitrogens is 4. The molecule has 1 aliphatic heterocycles. The normalized spacial score (nSPS) is 16.2. The van der Waals surface area contributed by atoms with Gasteiger partial charge in [-0.25, -0.2) is 9.97 Å². The number of nitrogens with zero attached hydrogens (tertiary/aromatic N) is 5. The molecule has 122 valence electrons. The second kappa shape index (κ2) is 6.80. The van der Waals surface area contributed by atoms with Gasteiger partial charge in [0.1, 0.15) is 5.52 Å². The quantitative estimate of drug-likeness (QED) is 0.798. The van der Waals surface area contributed by atoms with Crippen LogP contribution in [0.3, 0.4) is 0 Å². The summed E-state index contributed by atoms with van der Waals surface area (Å²) >= 11 is 0. The molecule has 1 N–H and O–H groups in total. The fraction of sp³-hybridized carbons (Fsp3) is 0.278. The predicted octanol–water partition coefficient (Wildman–Crippen LogP) is 2.19. The van der Waals surface area contributed by atoms with Crippen molar-refractivity contribution < 1.29 is 0 Å². The van der Waals surface area contributed by atoms with E-state index < -0.39 is 0 Å². The molecule has 0 aliphatic carbocycles. The van der Waals surface area contributed by atoms with Crippen molar-refractivity contribution in [2.24, 2.45) is 0 Å². The van der Waals surface area contributed by atoms with Crippen molar-refractivity contribution in [1.29, 1.82) is 0 Å². The van der Waals surface area contributed by atoms with Gasteiger partial charge in [-0.05, 0) is 5.56 Å². The van der Waals surface area contributed by atoms with E-state index in [0.717, 1.165) is 49.8 Å². The van der Waals surface area contributed by atoms with Gasteiger partial charge in [0, 0.05) is 32.7 Å². The second-order valence-electron chi connectivity index (χ2n) is 5.91. The zero-order chi connectivity index (χ0) is 16.2. The first-order valence-corrected chi connectivity index (χ1v) is 8.23. The van der Waals surface area contributed by atoms with E-state index in [1.54, 1.807) is 12.5 Å². The number of hydrogen-bond acceptors (Lipinski definition) is 5. The smallest absolute Gasteiger partial charge is 0.227 e. The molecule has 0 spiro atoms. The molecule has 0 amide bonds. The van der Waals surface area contributed by atoms with E-state index >= 15 is 0 Å². The van der Waals surface area contributed by atoms with E-state index in [9.17, 15) is 0 Å². The van der Waals surface area contributed by atoms with E-state index in [4.69, 9.17) is 0 Å². The van der Waals surface area contributed by atoms with E-state index in [1.165, 1.54) is 5.56 Å². The minimum absolute atomic E-state index is 0.730. The molecule has 2 aromatic heterocycles. The molecular weight excluding hydrogens is 300 g/mol. The number of rotatable bonds is 4. The van der Waals surface area contributed by atoms with Crippen LogP contribution in [0, 0.1) is 0 Å². The number of piperazine rings is 1. The number of imidazole rings is 1. The molecule has 0 saturated carbocycles. The first kappa shape index (κ1) is 14.8. The molecule has 0 bridgehead atoms. The van der Waals surface area contributed by atoms with Gasteiger partial charge < -0.3 is 9.88 Å². The lowest BCUT2D eigenvalue weighted by atomic mass is 10.2. The molecule has 0 unspecified atom stereocenters. The Morgan fingerprint density at radius 1 is 1.04 bits per heavy atom. The maximum absolute atomic E-state index is 4.53. The van der Waals surface area contributed by atoms with Gasteiger partial charge in [0.2, 0.25) is 5.95 Å². The Labute approximate surface area is 140 Å². The monoisotopic (exact) mass is 320 g/mol. The average molecular weight is 320 g/mol. The summed E-state index contributed by atoms with van der Waals surface area (Å²) in [5.74, 6) is 0.772. The highest BCUT2D eigenvalue weighted by Crippen LogP contribution is 2.14. The molecule has 24 heavy (non-hydrogen) atoms. The highest BCUT2D eigenvalue weighted by Gasteiger charge is 2.18. The molecule has 1 aromatic carbocycles. The van der Waals surface area contributed by atoms with Crippen LogP contribution in [0.25, 0.3) is 17.2 Å². The van der Waals surface area contributed by atoms with Crippen LogP contribution in [-0.2, 0) is 0 Å². The fourth-order valence-electron chi connectivity index (χ4n) is 2.91. The third-order valence-electron chi connectivity index (χ3n) is 4.29. The largest absolute Gasteiger partial charge is 0.342 e. The topological polar surface area (TPSA) is 60.9 Å². The van der Waals surface area contributed by atoms with Crippen LogP contribution in [-0.4, -0.2) is 57.6 Å². The van der Waals surface area contributed by atoms with E-state index in [2.05, 4.69) is 66.2 Å². The van der Waals surface area contributed by atoms with E-state index in [0.29, 0.717) is 0 Å². The van der Waals surface area contributed by atoms with E-state index in [1.807, 2.05) is 6.07 Å². The summed E-state index contributed by atoms with van der Waals surface area (Å²) in [6.45, 7) is 4.88. The minimum Gasteiger partial charge on any atom is -0.342 e. The van der Waals surface area contributed by atoms with Crippen molar-refractivity contribution >= 4 is 23.2 Å². The fourth-order valence-corrected chi connectivity index (χ4v) is 2.91. The molecule has 0 atom stereocenters. The number of aromatic amines is 1. The summed E-state index contributed by atoms with van der Waals surface area (Å²) in [6.07, 6.45) is 7.87. The van der Waals surface area contributed by atoms with Gasteiger partial charge in [0.15, 0.2) is 5.65 Å². The van der Waals surface area contributed by atoms with Crippen LogP contribution in [0.15, 0.2) is 48.9 Å². The summed E-state index contributed by atoms with van der Waals surface area (Å²) in [4.78, 5) is 20.9. The maximum atomic E-state index is 4.53. The molecule has 3 heterocycles. The zero-order valence-corrected chi connectivity index (χ0v) is 13.5. The summed E-state index contributed by atoms with van der Waals surface area (Å²) < 4.78 is 0.